The number of anilines is 2. The number of hydrogen-bond acceptors (Lipinski definition) is 5. The van der Waals surface area contributed by atoms with Gasteiger partial charge in [0.25, 0.3) is 0 Å². The van der Waals surface area contributed by atoms with Crippen LogP contribution in [-0.4, -0.2) is 45.0 Å². The molecule has 0 aliphatic carbocycles. The lowest BCUT2D eigenvalue weighted by molar-refractivity contribution is -0.136. The smallest absolute Gasteiger partial charge is 0.313 e. The summed E-state index contributed by atoms with van der Waals surface area (Å²) in [6.45, 7) is 4.50. The summed E-state index contributed by atoms with van der Waals surface area (Å²) >= 11 is 0. The number of aryl methyl sites for hydroxylation is 1. The number of carbonyl (C=O) groups is 3. The topological polar surface area (TPSA) is 97.0 Å². The molecule has 176 valence electrons. The number of carbonyl (C=O) groups excluding carboxylic acids is 3. The van der Waals surface area contributed by atoms with E-state index in [1.54, 1.807) is 24.1 Å². The van der Waals surface area contributed by atoms with Crippen molar-refractivity contribution in [3.05, 3.63) is 53.6 Å². The van der Waals surface area contributed by atoms with Gasteiger partial charge in [0.2, 0.25) is 5.91 Å². The molecule has 1 atom stereocenters. The number of ether oxygens (including phenoxy) is 2. The minimum absolute atomic E-state index is 0.0420. The van der Waals surface area contributed by atoms with Crippen molar-refractivity contribution < 1.29 is 23.9 Å². The zero-order chi connectivity index (χ0) is 24.0. The van der Waals surface area contributed by atoms with Crippen molar-refractivity contribution in [3.8, 4) is 5.75 Å². The predicted octanol–water partition coefficient (Wildman–Crippen LogP) is 3.07. The zero-order valence-corrected chi connectivity index (χ0v) is 19.5. The monoisotopic (exact) mass is 453 g/mol. The molecule has 1 heterocycles. The lowest BCUT2D eigenvalue weighted by atomic mass is 9.99. The molecule has 0 radical (unpaired) electrons. The fourth-order valence-electron chi connectivity index (χ4n) is 3.83. The van der Waals surface area contributed by atoms with Gasteiger partial charge < -0.3 is 25.0 Å². The molecule has 2 aromatic carbocycles. The zero-order valence-electron chi connectivity index (χ0n) is 19.5. The molecule has 8 heteroatoms. The molecule has 33 heavy (non-hydrogen) atoms. The summed E-state index contributed by atoms with van der Waals surface area (Å²) in [5.41, 5.74) is 3.13. The molecule has 3 amide bonds. The minimum atomic E-state index is -0.784. The number of nitrogens with zero attached hydrogens (tertiary/aromatic N) is 1. The summed E-state index contributed by atoms with van der Waals surface area (Å²) < 4.78 is 10.7. The van der Waals surface area contributed by atoms with Crippen LogP contribution in [0.3, 0.4) is 0 Å². The molecule has 0 fully saturated rings. The SMILES string of the molecule is COc1cccc(C(CNC(=O)C(=O)Nc2ccc3c(c2)N(C(=O)C(C)C)CCC3)OC)c1. The van der Waals surface area contributed by atoms with Gasteiger partial charge in [-0.25, -0.2) is 0 Å². The summed E-state index contributed by atoms with van der Waals surface area (Å²) in [5.74, 6) is -0.963. The molecular formula is C25H31N3O5. The lowest BCUT2D eigenvalue weighted by Crippen LogP contribution is -2.39. The third-order valence-corrected chi connectivity index (χ3v) is 5.63. The van der Waals surface area contributed by atoms with Crippen LogP contribution in [0.15, 0.2) is 42.5 Å². The number of rotatable bonds is 7. The van der Waals surface area contributed by atoms with Gasteiger partial charge in [0.15, 0.2) is 0 Å². The average molecular weight is 454 g/mol. The first-order chi connectivity index (χ1) is 15.8. The number of methoxy groups -OCH3 is 2. The van der Waals surface area contributed by atoms with Crippen LogP contribution in [0.5, 0.6) is 5.75 Å². The van der Waals surface area contributed by atoms with Crippen LogP contribution in [0.2, 0.25) is 0 Å². The van der Waals surface area contributed by atoms with Gasteiger partial charge in [0.1, 0.15) is 5.75 Å². The van der Waals surface area contributed by atoms with E-state index in [1.807, 2.05) is 44.2 Å². The number of nitrogens with one attached hydrogen (secondary N) is 2. The molecule has 2 N–H and O–H groups in total. The van der Waals surface area contributed by atoms with Crippen molar-refractivity contribution in [2.45, 2.75) is 32.8 Å². The maximum absolute atomic E-state index is 12.6. The maximum atomic E-state index is 12.6. The van der Waals surface area contributed by atoms with Crippen LogP contribution < -0.4 is 20.3 Å². The third-order valence-electron chi connectivity index (χ3n) is 5.63. The Bertz CT molecular complexity index is 1020. The van der Waals surface area contributed by atoms with Crippen molar-refractivity contribution in [2.75, 3.05) is 37.5 Å². The fourth-order valence-corrected chi connectivity index (χ4v) is 3.83. The Morgan fingerprint density at radius 1 is 1.06 bits per heavy atom. The highest BCUT2D eigenvalue weighted by Crippen LogP contribution is 2.31. The van der Waals surface area contributed by atoms with Crippen molar-refractivity contribution in [1.29, 1.82) is 0 Å². The lowest BCUT2D eigenvalue weighted by Gasteiger charge is -2.31. The second-order valence-electron chi connectivity index (χ2n) is 8.26. The number of benzene rings is 2. The summed E-state index contributed by atoms with van der Waals surface area (Å²) in [6, 6.07) is 12.7. The quantitative estimate of drug-likeness (QED) is 0.628. The van der Waals surface area contributed by atoms with Gasteiger partial charge in [-0.15, -0.1) is 0 Å². The molecule has 0 spiro atoms. The Kier molecular flexibility index (Phi) is 8.06. The predicted molar refractivity (Wildman–Crippen MR) is 126 cm³/mol. The van der Waals surface area contributed by atoms with Gasteiger partial charge in [0, 0.05) is 37.5 Å². The highest BCUT2D eigenvalue weighted by Gasteiger charge is 2.25. The highest BCUT2D eigenvalue weighted by atomic mass is 16.5. The van der Waals surface area contributed by atoms with Crippen LogP contribution in [-0.2, 0) is 25.5 Å². The molecule has 8 nitrogen and oxygen atoms in total. The molecule has 0 saturated heterocycles. The number of amides is 3. The summed E-state index contributed by atoms with van der Waals surface area (Å²) in [4.78, 5) is 39.2. The second kappa shape index (κ2) is 11.0. The maximum Gasteiger partial charge on any atom is 0.313 e. The van der Waals surface area contributed by atoms with Crippen molar-refractivity contribution in [2.24, 2.45) is 5.92 Å². The molecular weight excluding hydrogens is 422 g/mol. The van der Waals surface area contributed by atoms with Gasteiger partial charge >= 0.3 is 11.8 Å². The van der Waals surface area contributed by atoms with Crippen LogP contribution in [0.4, 0.5) is 11.4 Å². The van der Waals surface area contributed by atoms with Gasteiger partial charge in [-0.1, -0.05) is 32.0 Å². The van der Waals surface area contributed by atoms with Crippen molar-refractivity contribution in [3.63, 3.8) is 0 Å². The molecule has 0 bridgehead atoms. The largest absolute Gasteiger partial charge is 0.497 e. The van der Waals surface area contributed by atoms with Crippen LogP contribution in [0.25, 0.3) is 0 Å². The Labute approximate surface area is 194 Å². The third kappa shape index (κ3) is 5.90. The van der Waals surface area contributed by atoms with Gasteiger partial charge in [0.05, 0.1) is 13.2 Å². The van der Waals surface area contributed by atoms with E-state index in [1.165, 1.54) is 7.11 Å². The molecule has 2 aromatic rings. The van der Waals surface area contributed by atoms with E-state index >= 15 is 0 Å². The average Bonchev–Trinajstić information content (AvgIpc) is 2.83. The van der Waals surface area contributed by atoms with Crippen LogP contribution >= 0.6 is 0 Å². The molecule has 1 unspecified atom stereocenters. The standard InChI is InChI=1S/C25H31N3O5/c1-16(2)25(31)28-12-6-8-17-10-11-19(14-21(17)28)27-24(30)23(29)26-15-22(33-4)18-7-5-9-20(13-18)32-3/h5,7,9-11,13-14,16,22H,6,8,12,15H2,1-4H3,(H,26,29)(H,27,30). The van der Waals surface area contributed by atoms with E-state index in [0.717, 1.165) is 29.7 Å². The highest BCUT2D eigenvalue weighted by molar-refractivity contribution is 6.39. The molecule has 3 rings (SSSR count). The summed E-state index contributed by atoms with van der Waals surface area (Å²) in [7, 11) is 3.11. The Morgan fingerprint density at radius 2 is 1.85 bits per heavy atom. The second-order valence-corrected chi connectivity index (χ2v) is 8.26. The first-order valence-corrected chi connectivity index (χ1v) is 11.0. The fraction of sp³-hybridized carbons (Fsp3) is 0.400. The van der Waals surface area contributed by atoms with Gasteiger partial charge in [-0.2, -0.15) is 0 Å². The van der Waals surface area contributed by atoms with E-state index in [9.17, 15) is 14.4 Å². The first-order valence-electron chi connectivity index (χ1n) is 11.0. The normalized spacial score (nSPS) is 13.8. The van der Waals surface area contributed by atoms with Gasteiger partial charge in [-0.3, -0.25) is 14.4 Å². The Morgan fingerprint density at radius 3 is 2.55 bits per heavy atom. The minimum Gasteiger partial charge on any atom is -0.497 e. The van der Waals surface area contributed by atoms with Crippen molar-refractivity contribution >= 4 is 29.1 Å². The Hall–Kier alpha value is -3.39. The molecule has 0 aromatic heterocycles. The van der Waals surface area contributed by atoms with Gasteiger partial charge in [-0.05, 0) is 48.2 Å². The Balaban J connectivity index is 1.64. The van der Waals surface area contributed by atoms with E-state index in [-0.39, 0.29) is 18.4 Å². The summed E-state index contributed by atoms with van der Waals surface area (Å²) in [6.07, 6.45) is 1.33. The summed E-state index contributed by atoms with van der Waals surface area (Å²) in [5, 5.41) is 5.24. The van der Waals surface area contributed by atoms with E-state index in [0.29, 0.717) is 18.0 Å². The number of hydrogen-bond donors (Lipinski definition) is 2. The molecule has 0 saturated carbocycles. The van der Waals surface area contributed by atoms with E-state index in [4.69, 9.17) is 9.47 Å². The van der Waals surface area contributed by atoms with Crippen LogP contribution in [0, 0.1) is 5.92 Å². The van der Waals surface area contributed by atoms with E-state index in [2.05, 4.69) is 10.6 Å². The van der Waals surface area contributed by atoms with E-state index < -0.39 is 17.9 Å². The van der Waals surface area contributed by atoms with Crippen LogP contribution in [0.1, 0.15) is 37.5 Å². The molecule has 1 aliphatic rings. The first kappa shape index (κ1) is 24.3. The number of fused-ring (bicyclic) bond motifs is 1. The van der Waals surface area contributed by atoms with Crippen molar-refractivity contribution in [1.82, 2.24) is 5.32 Å². The molecule has 1 aliphatic heterocycles.